The van der Waals surface area contributed by atoms with Crippen molar-refractivity contribution in [3.8, 4) is 11.5 Å². The molecule has 1 aliphatic heterocycles. The fourth-order valence-electron chi connectivity index (χ4n) is 1.97. The zero-order valence-corrected chi connectivity index (χ0v) is 11.6. The molecule has 20 heavy (non-hydrogen) atoms. The average Bonchev–Trinajstić information content (AvgIpc) is 2.65. The summed E-state index contributed by atoms with van der Waals surface area (Å²) in [6.45, 7) is 0. The van der Waals surface area contributed by atoms with E-state index in [1.807, 2.05) is 0 Å². The van der Waals surface area contributed by atoms with Crippen LogP contribution in [0.3, 0.4) is 0 Å². The molecule has 0 bridgehead atoms. The predicted molar refractivity (Wildman–Crippen MR) is 65.1 cm³/mol. The molecule has 1 heterocycles. The molecule has 1 saturated carbocycles. The van der Waals surface area contributed by atoms with Gasteiger partial charge < -0.3 is 8.92 Å². The van der Waals surface area contributed by atoms with Crippen molar-refractivity contribution in [1.29, 1.82) is 0 Å². The first-order chi connectivity index (χ1) is 9.21. The van der Waals surface area contributed by atoms with Gasteiger partial charge in [-0.25, -0.2) is 0 Å². The number of hydrogen-bond acceptors (Lipinski definition) is 5. The van der Waals surface area contributed by atoms with E-state index in [4.69, 9.17) is 4.74 Å². The molecule has 9 heteroatoms. The van der Waals surface area contributed by atoms with E-state index in [9.17, 15) is 21.6 Å². The lowest BCUT2D eigenvalue weighted by molar-refractivity contribution is -0.0500. The second kappa shape index (κ2) is 4.20. The number of rotatable bonds is 2. The minimum absolute atomic E-state index is 0.330. The predicted octanol–water partition coefficient (Wildman–Crippen LogP) is 3.28. The van der Waals surface area contributed by atoms with E-state index in [1.54, 1.807) is 0 Å². The standard InChI is InChI=1S/C11H9F3O4S2/c12-11(13,14)20(15,16)18-7-2-3-9-8(6-7)17-10(19-9)4-1-5-10/h2-3,6H,1,4-5H2. The highest BCUT2D eigenvalue weighted by Gasteiger charge is 2.49. The van der Waals surface area contributed by atoms with E-state index in [0.717, 1.165) is 24.2 Å². The summed E-state index contributed by atoms with van der Waals surface area (Å²) in [5.41, 5.74) is -5.45. The van der Waals surface area contributed by atoms with Crippen molar-refractivity contribution < 1.29 is 30.5 Å². The largest absolute Gasteiger partial charge is 0.534 e. The summed E-state index contributed by atoms with van der Waals surface area (Å²) in [5.74, 6) is -0.0392. The molecule has 1 aromatic rings. The van der Waals surface area contributed by atoms with Crippen molar-refractivity contribution in [2.45, 2.75) is 34.6 Å². The Morgan fingerprint density at radius 2 is 2.00 bits per heavy atom. The highest BCUT2D eigenvalue weighted by atomic mass is 32.2. The number of ether oxygens (including phenoxy) is 1. The topological polar surface area (TPSA) is 52.6 Å². The molecular formula is C11H9F3O4S2. The molecule has 110 valence electrons. The monoisotopic (exact) mass is 326 g/mol. The average molecular weight is 326 g/mol. The molecule has 0 N–H and O–H groups in total. The summed E-state index contributed by atoms with van der Waals surface area (Å²) in [6.07, 6.45) is 2.76. The first-order valence-electron chi connectivity index (χ1n) is 5.74. The van der Waals surface area contributed by atoms with Crippen LogP contribution in [0.4, 0.5) is 13.2 Å². The van der Waals surface area contributed by atoms with Crippen LogP contribution in [0.25, 0.3) is 0 Å². The third-order valence-electron chi connectivity index (χ3n) is 3.11. The number of hydrogen-bond donors (Lipinski definition) is 0. The van der Waals surface area contributed by atoms with Crippen LogP contribution in [0, 0.1) is 0 Å². The third-order valence-corrected chi connectivity index (χ3v) is 5.51. The van der Waals surface area contributed by atoms with Crippen molar-refractivity contribution in [3.63, 3.8) is 0 Å². The van der Waals surface area contributed by atoms with Crippen LogP contribution in [0.2, 0.25) is 0 Å². The lowest BCUT2D eigenvalue weighted by atomic mass is 9.95. The number of halogens is 3. The Bertz CT molecular complexity index is 650. The van der Waals surface area contributed by atoms with Gasteiger partial charge in [-0.1, -0.05) is 11.8 Å². The molecule has 1 aromatic carbocycles. The highest BCUT2D eigenvalue weighted by molar-refractivity contribution is 8.01. The quantitative estimate of drug-likeness (QED) is 0.617. The maximum absolute atomic E-state index is 12.2. The zero-order valence-electron chi connectivity index (χ0n) is 9.94. The van der Waals surface area contributed by atoms with Gasteiger partial charge in [-0.15, -0.1) is 0 Å². The van der Waals surface area contributed by atoms with Crippen molar-refractivity contribution >= 4 is 21.9 Å². The molecule has 0 saturated heterocycles. The van der Waals surface area contributed by atoms with Gasteiger partial charge in [0.05, 0.1) is 4.90 Å². The summed E-state index contributed by atoms with van der Waals surface area (Å²) < 4.78 is 68.3. The summed E-state index contributed by atoms with van der Waals surface area (Å²) in [7, 11) is -5.65. The zero-order chi connectivity index (χ0) is 14.6. The molecule has 3 rings (SSSR count). The SMILES string of the molecule is O=S(=O)(Oc1ccc2c(c1)OC1(CCC1)S2)C(F)(F)F. The van der Waals surface area contributed by atoms with Crippen LogP contribution in [0.1, 0.15) is 19.3 Å². The van der Waals surface area contributed by atoms with Gasteiger partial charge >= 0.3 is 15.6 Å². The Hall–Kier alpha value is -1.09. The van der Waals surface area contributed by atoms with Crippen molar-refractivity contribution in [3.05, 3.63) is 18.2 Å². The molecule has 4 nitrogen and oxygen atoms in total. The third kappa shape index (κ3) is 2.22. The summed E-state index contributed by atoms with van der Waals surface area (Å²) in [5, 5.41) is 0. The Kier molecular flexibility index (Phi) is 2.91. The van der Waals surface area contributed by atoms with Crippen molar-refractivity contribution in [2.24, 2.45) is 0 Å². The van der Waals surface area contributed by atoms with Crippen molar-refractivity contribution in [2.75, 3.05) is 0 Å². The van der Waals surface area contributed by atoms with Gasteiger partial charge in [-0.3, -0.25) is 0 Å². The number of thioether (sulfide) groups is 1. The van der Waals surface area contributed by atoms with Gasteiger partial charge in [0.15, 0.2) is 4.93 Å². The van der Waals surface area contributed by atoms with E-state index in [0.29, 0.717) is 5.75 Å². The normalized spacial score (nSPS) is 20.1. The summed E-state index contributed by atoms with van der Waals surface area (Å²) >= 11 is 1.51. The van der Waals surface area contributed by atoms with E-state index in [2.05, 4.69) is 4.18 Å². The lowest BCUT2D eigenvalue weighted by Crippen LogP contribution is -2.36. The number of benzene rings is 1. The molecule has 0 atom stereocenters. The fraction of sp³-hybridized carbons (Fsp3) is 0.455. The molecule has 0 radical (unpaired) electrons. The highest BCUT2D eigenvalue weighted by Crippen LogP contribution is 2.57. The van der Waals surface area contributed by atoms with E-state index in [1.165, 1.54) is 30.0 Å². The van der Waals surface area contributed by atoms with Gasteiger partial charge in [0.1, 0.15) is 11.5 Å². The fourth-order valence-corrected chi connectivity index (χ4v) is 3.78. The van der Waals surface area contributed by atoms with Gasteiger partial charge in [-0.2, -0.15) is 21.6 Å². The minimum atomic E-state index is -5.65. The van der Waals surface area contributed by atoms with Crippen LogP contribution in [0.5, 0.6) is 11.5 Å². The van der Waals surface area contributed by atoms with Crippen LogP contribution in [0.15, 0.2) is 23.1 Å². The smallest absolute Gasteiger partial charge is 0.475 e. The molecular weight excluding hydrogens is 317 g/mol. The molecule has 1 spiro atoms. The van der Waals surface area contributed by atoms with Gasteiger partial charge in [0.25, 0.3) is 0 Å². The van der Waals surface area contributed by atoms with E-state index >= 15 is 0 Å². The number of fused-ring (bicyclic) bond motifs is 1. The molecule has 1 fully saturated rings. The molecule has 0 amide bonds. The van der Waals surface area contributed by atoms with Gasteiger partial charge in [-0.05, 0) is 31.4 Å². The Labute approximate surface area is 117 Å². The Morgan fingerprint density at radius 3 is 2.55 bits per heavy atom. The minimum Gasteiger partial charge on any atom is -0.475 e. The van der Waals surface area contributed by atoms with Gasteiger partial charge in [0, 0.05) is 6.07 Å². The van der Waals surface area contributed by atoms with Crippen LogP contribution in [-0.2, 0) is 10.1 Å². The van der Waals surface area contributed by atoms with Crippen LogP contribution in [-0.4, -0.2) is 18.9 Å². The summed E-state index contributed by atoms with van der Waals surface area (Å²) in [4.78, 5) is 0.450. The maximum atomic E-state index is 12.2. The Balaban J connectivity index is 1.83. The molecule has 0 aromatic heterocycles. The van der Waals surface area contributed by atoms with Crippen LogP contribution >= 0.6 is 11.8 Å². The second-order valence-electron chi connectivity index (χ2n) is 4.56. The van der Waals surface area contributed by atoms with Crippen molar-refractivity contribution in [1.82, 2.24) is 0 Å². The maximum Gasteiger partial charge on any atom is 0.534 e. The van der Waals surface area contributed by atoms with Gasteiger partial charge in [0.2, 0.25) is 0 Å². The van der Waals surface area contributed by atoms with Crippen LogP contribution < -0.4 is 8.92 Å². The Morgan fingerprint density at radius 1 is 1.30 bits per heavy atom. The number of alkyl halides is 3. The molecule has 2 aliphatic rings. The lowest BCUT2D eigenvalue weighted by Gasteiger charge is -2.35. The summed E-state index contributed by atoms with van der Waals surface area (Å²) in [6, 6.07) is 3.88. The first-order valence-corrected chi connectivity index (χ1v) is 7.96. The molecule has 1 aliphatic carbocycles. The second-order valence-corrected chi connectivity index (χ2v) is 7.49. The van der Waals surface area contributed by atoms with E-state index in [-0.39, 0.29) is 4.93 Å². The molecule has 0 unspecified atom stereocenters. The first kappa shape index (κ1) is 13.9. The van der Waals surface area contributed by atoms with E-state index < -0.39 is 21.4 Å².